The maximum absolute atomic E-state index is 10.1. The fourth-order valence-corrected chi connectivity index (χ4v) is 3.46. The van der Waals surface area contributed by atoms with Gasteiger partial charge in [0.25, 0.3) is 5.39 Å². The zero-order chi connectivity index (χ0) is 23.5. The Hall–Kier alpha value is -2.47. The highest BCUT2D eigenvalue weighted by atomic mass is 32.3. The van der Waals surface area contributed by atoms with E-state index in [1.54, 1.807) is 0 Å². The van der Waals surface area contributed by atoms with Gasteiger partial charge in [-0.15, -0.1) is 0 Å². The second-order valence-corrected chi connectivity index (χ2v) is 8.54. The Kier molecular flexibility index (Phi) is 14.8. The molecule has 2 aromatic carbocycles. The lowest BCUT2D eigenvalue weighted by Crippen LogP contribution is -2.05. The van der Waals surface area contributed by atoms with Gasteiger partial charge in [0.15, 0.2) is 0 Å². The van der Waals surface area contributed by atoms with Crippen molar-refractivity contribution in [2.75, 3.05) is 11.6 Å². The molecule has 0 unspecified atom stereocenters. The molecule has 0 radical (unpaired) electrons. The molecule has 7 nitrogen and oxygen atoms in total. The van der Waals surface area contributed by atoms with E-state index in [1.807, 2.05) is 60.7 Å². The third kappa shape index (κ3) is 13.8. The summed E-state index contributed by atoms with van der Waals surface area (Å²) in [7, 11) is -4.48. The number of unbranched alkanes of at least 4 members (excludes halogenated alkanes) is 9. The van der Waals surface area contributed by atoms with Gasteiger partial charge in [-0.05, 0) is 30.7 Å². The number of diazo groups is 1. The van der Waals surface area contributed by atoms with Gasteiger partial charge >= 0.3 is 5.08 Å². The Morgan fingerprint density at radius 2 is 1.19 bits per heavy atom. The van der Waals surface area contributed by atoms with Crippen LogP contribution in [0.25, 0.3) is 5.08 Å². The second kappa shape index (κ2) is 17.1. The SMILES string of the molecule is CCCCCCCCCCCCOS(=O)(=O)[O-].N#[N+]N(c1ccccc1)c1ccccc1. The minimum atomic E-state index is -4.48. The lowest BCUT2D eigenvalue weighted by Gasteiger charge is -2.06. The van der Waals surface area contributed by atoms with E-state index < -0.39 is 10.4 Å². The number of para-hydroxylation sites is 2. The van der Waals surface area contributed by atoms with Crippen molar-refractivity contribution in [2.24, 2.45) is 0 Å². The zero-order valence-electron chi connectivity index (χ0n) is 18.9. The third-order valence-corrected chi connectivity index (χ3v) is 5.27. The monoisotopic (exact) mass is 461 g/mol. The van der Waals surface area contributed by atoms with Crippen molar-refractivity contribution in [1.82, 2.24) is 0 Å². The van der Waals surface area contributed by atoms with Crippen molar-refractivity contribution in [2.45, 2.75) is 71.1 Å². The molecule has 176 valence electrons. The molecule has 0 aliphatic rings. The van der Waals surface area contributed by atoms with E-state index in [9.17, 15) is 13.0 Å². The maximum atomic E-state index is 10.1. The van der Waals surface area contributed by atoms with Gasteiger partial charge in [-0.3, -0.25) is 4.18 Å². The molecular formula is C24H35N3O4S. The first-order valence-corrected chi connectivity index (χ1v) is 12.7. The van der Waals surface area contributed by atoms with Crippen LogP contribution in [-0.4, -0.2) is 19.6 Å². The molecule has 0 aromatic heterocycles. The molecule has 0 amide bonds. The van der Waals surface area contributed by atoms with Gasteiger partial charge in [0, 0.05) is 5.01 Å². The largest absolute Gasteiger partial charge is 0.726 e. The van der Waals surface area contributed by atoms with Crippen molar-refractivity contribution < 1.29 is 17.2 Å². The number of nitrogens with zero attached hydrogens (tertiary/aromatic N) is 3. The number of anilines is 2. The molecule has 0 heterocycles. The van der Waals surface area contributed by atoms with E-state index in [-0.39, 0.29) is 6.61 Å². The summed E-state index contributed by atoms with van der Waals surface area (Å²) in [4.78, 5) is 0. The van der Waals surface area contributed by atoms with Crippen molar-refractivity contribution in [3.05, 3.63) is 65.7 Å². The zero-order valence-corrected chi connectivity index (χ0v) is 19.8. The molecule has 2 rings (SSSR count). The minimum Gasteiger partial charge on any atom is -0.726 e. The lowest BCUT2D eigenvalue weighted by molar-refractivity contribution is 0.255. The molecular weight excluding hydrogens is 426 g/mol. The predicted octanol–water partition coefficient (Wildman–Crippen LogP) is 6.98. The Bertz CT molecular complexity index is 816. The van der Waals surface area contributed by atoms with Crippen LogP contribution in [0, 0.1) is 5.39 Å². The van der Waals surface area contributed by atoms with Gasteiger partial charge in [-0.2, -0.15) is 0 Å². The number of hydrogen-bond donors (Lipinski definition) is 0. The first kappa shape index (κ1) is 27.6. The van der Waals surface area contributed by atoms with E-state index in [0.717, 1.165) is 24.2 Å². The Morgan fingerprint density at radius 1 is 0.781 bits per heavy atom. The molecule has 0 saturated heterocycles. The van der Waals surface area contributed by atoms with Gasteiger partial charge in [0.1, 0.15) is 11.4 Å². The van der Waals surface area contributed by atoms with E-state index in [0.29, 0.717) is 6.42 Å². The van der Waals surface area contributed by atoms with Gasteiger partial charge in [-0.1, -0.05) is 101 Å². The molecule has 32 heavy (non-hydrogen) atoms. The average molecular weight is 462 g/mol. The first-order valence-electron chi connectivity index (χ1n) is 11.3. The van der Waals surface area contributed by atoms with Crippen molar-refractivity contribution in [1.29, 1.82) is 5.39 Å². The second-order valence-electron chi connectivity index (χ2n) is 7.48. The summed E-state index contributed by atoms with van der Waals surface area (Å²) >= 11 is 0. The van der Waals surface area contributed by atoms with Crippen LogP contribution in [0.15, 0.2) is 60.7 Å². The summed E-state index contributed by atoms with van der Waals surface area (Å²) in [5.41, 5.74) is 1.65. The molecule has 0 saturated carbocycles. The molecule has 0 atom stereocenters. The van der Waals surface area contributed by atoms with Gasteiger partial charge in [-0.25, -0.2) is 8.42 Å². The summed E-state index contributed by atoms with van der Waals surface area (Å²) in [6.07, 6.45) is 11.7. The highest BCUT2D eigenvalue weighted by Gasteiger charge is 2.18. The fraction of sp³-hybridized carbons (Fsp3) is 0.500. The summed E-state index contributed by atoms with van der Waals surface area (Å²) in [6.45, 7) is 2.24. The van der Waals surface area contributed by atoms with Crippen molar-refractivity contribution in [3.63, 3.8) is 0 Å². The molecule has 0 fully saturated rings. The normalized spacial score (nSPS) is 10.7. The Labute approximate surface area is 193 Å². The highest BCUT2D eigenvalue weighted by Crippen LogP contribution is 2.24. The van der Waals surface area contributed by atoms with Crippen LogP contribution in [-0.2, 0) is 14.6 Å². The van der Waals surface area contributed by atoms with Crippen molar-refractivity contribution >= 4 is 21.8 Å². The first-order chi connectivity index (χ1) is 15.5. The summed E-state index contributed by atoms with van der Waals surface area (Å²) < 4.78 is 34.5. The topological polar surface area (TPSA) is 97.8 Å². The van der Waals surface area contributed by atoms with Crippen molar-refractivity contribution in [3.8, 4) is 0 Å². The smallest absolute Gasteiger partial charge is 0.316 e. The van der Waals surface area contributed by atoms with E-state index >= 15 is 0 Å². The lowest BCUT2D eigenvalue weighted by atomic mass is 10.1. The standard InChI is InChI=1S/C12H10N3.C12H26O4S/c13-14-15(11-7-3-1-4-8-11)12-9-5-2-6-10-12;1-2-3-4-5-6-7-8-9-10-11-12-16-17(13,14)15/h1-10H;2-12H2,1H3,(H,13,14,15)/q+1;/p-1. The van der Waals surface area contributed by atoms with Crippen LogP contribution >= 0.6 is 0 Å². The molecule has 8 heteroatoms. The van der Waals surface area contributed by atoms with Crippen LogP contribution < -0.4 is 5.01 Å². The number of rotatable bonds is 14. The van der Waals surface area contributed by atoms with E-state index in [2.05, 4.69) is 16.2 Å². The predicted molar refractivity (Wildman–Crippen MR) is 128 cm³/mol. The van der Waals surface area contributed by atoms with Crippen LogP contribution in [0.5, 0.6) is 0 Å². The third-order valence-electron chi connectivity index (χ3n) is 4.82. The summed E-state index contributed by atoms with van der Waals surface area (Å²) in [5.74, 6) is 0. The summed E-state index contributed by atoms with van der Waals surface area (Å²) in [6, 6.07) is 19.0. The van der Waals surface area contributed by atoms with Crippen LogP contribution in [0.4, 0.5) is 11.4 Å². The average Bonchev–Trinajstić information content (AvgIpc) is 2.79. The van der Waals surface area contributed by atoms with Crippen LogP contribution in [0.3, 0.4) is 0 Å². The molecule has 0 spiro atoms. The molecule has 0 N–H and O–H groups in total. The molecule has 0 bridgehead atoms. The van der Waals surface area contributed by atoms with Crippen LogP contribution in [0.2, 0.25) is 0 Å². The minimum absolute atomic E-state index is 0.0301. The van der Waals surface area contributed by atoms with Gasteiger partial charge in [0.05, 0.1) is 6.61 Å². The highest BCUT2D eigenvalue weighted by molar-refractivity contribution is 7.80. The molecule has 0 aliphatic carbocycles. The Morgan fingerprint density at radius 3 is 1.56 bits per heavy atom. The van der Waals surface area contributed by atoms with E-state index in [4.69, 9.17) is 5.39 Å². The number of benzene rings is 2. The number of hydrogen-bond acceptors (Lipinski definition) is 6. The van der Waals surface area contributed by atoms with Gasteiger partial charge in [0.2, 0.25) is 10.4 Å². The van der Waals surface area contributed by atoms with Crippen LogP contribution in [0.1, 0.15) is 71.1 Å². The molecule has 0 aliphatic heterocycles. The maximum Gasteiger partial charge on any atom is 0.316 e. The fourth-order valence-electron chi connectivity index (χ4n) is 3.14. The van der Waals surface area contributed by atoms with E-state index in [1.165, 1.54) is 50.0 Å². The summed E-state index contributed by atoms with van der Waals surface area (Å²) in [5, 5.41) is 13.7. The quantitative estimate of drug-likeness (QED) is 0.0989. The van der Waals surface area contributed by atoms with Gasteiger partial charge < -0.3 is 4.55 Å². The Balaban J connectivity index is 0.000000321. The molecule has 2 aromatic rings.